The number of piperidine rings is 1. The molecule has 0 saturated carbocycles. The number of ether oxygens (including phenoxy) is 1. The molecule has 0 bridgehead atoms. The summed E-state index contributed by atoms with van der Waals surface area (Å²) in [4.78, 5) is 3.69. The summed E-state index contributed by atoms with van der Waals surface area (Å²) in [5.74, 6) is 1.04. The first-order valence-corrected chi connectivity index (χ1v) is 13.6. The number of guanidine groups is 1. The summed E-state index contributed by atoms with van der Waals surface area (Å²) >= 11 is 0. The molecule has 11 nitrogen and oxygen atoms in total. The Morgan fingerprint density at radius 3 is 2.35 bits per heavy atom. The van der Waals surface area contributed by atoms with Gasteiger partial charge in [-0.15, -0.1) is 0 Å². The maximum Gasteiger partial charge on any atom is 0.473 e. The number of nitrogens with two attached hydrogens (primary N) is 1. The van der Waals surface area contributed by atoms with Crippen molar-refractivity contribution in [2.45, 2.75) is 43.7 Å². The summed E-state index contributed by atoms with van der Waals surface area (Å²) in [7, 11) is -6.00. The Labute approximate surface area is 217 Å². The van der Waals surface area contributed by atoms with Crippen molar-refractivity contribution >= 4 is 34.6 Å². The molecule has 1 fully saturated rings. The van der Waals surface area contributed by atoms with Gasteiger partial charge in [-0.3, -0.25) is 15.1 Å². The van der Waals surface area contributed by atoms with Crippen LogP contribution in [0.25, 0.3) is 0 Å². The number of hydrogen-bond acceptors (Lipinski definition) is 7. The lowest BCUT2D eigenvalue weighted by molar-refractivity contribution is 0.130. The molecule has 2 aliphatic heterocycles. The van der Waals surface area contributed by atoms with E-state index in [1.807, 2.05) is 11.0 Å². The van der Waals surface area contributed by atoms with E-state index in [1.165, 1.54) is 12.1 Å². The third-order valence-electron chi connectivity index (χ3n) is 6.79. The summed E-state index contributed by atoms with van der Waals surface area (Å²) in [6.45, 7) is 4.24. The molecule has 198 valence electrons. The smallest absolute Gasteiger partial charge is 0.473 e. The fourth-order valence-electron chi connectivity index (χ4n) is 4.71. The molecule has 2 aliphatic rings. The average Bonchev–Trinajstić information content (AvgIpc) is 2.87. The van der Waals surface area contributed by atoms with Crippen LogP contribution >= 0.6 is 0 Å². The molecule has 0 unspecified atom stereocenters. The predicted octanol–water partition coefficient (Wildman–Crippen LogP) is 0.986. The van der Waals surface area contributed by atoms with Gasteiger partial charge < -0.3 is 30.3 Å². The summed E-state index contributed by atoms with van der Waals surface area (Å²) in [6.07, 6.45) is 1.67. The molecule has 37 heavy (non-hydrogen) atoms. The van der Waals surface area contributed by atoms with Crippen molar-refractivity contribution in [1.29, 1.82) is 10.8 Å². The Kier molecular flexibility index (Phi) is 7.95. The molecule has 0 atom stereocenters. The third kappa shape index (κ3) is 6.17. The number of rotatable bonds is 7. The summed E-state index contributed by atoms with van der Waals surface area (Å²) in [5, 5.41) is 34.8. The van der Waals surface area contributed by atoms with Crippen LogP contribution < -0.4 is 14.8 Å². The number of benzene rings is 2. The molecule has 0 aromatic heterocycles. The van der Waals surface area contributed by atoms with Crippen LogP contribution in [-0.4, -0.2) is 79.4 Å². The van der Waals surface area contributed by atoms with Crippen molar-refractivity contribution < 1.29 is 23.2 Å². The van der Waals surface area contributed by atoms with Gasteiger partial charge in [0.25, 0.3) is 10.0 Å². The van der Waals surface area contributed by atoms with Crippen LogP contribution in [0.15, 0.2) is 47.4 Å². The SMILES string of the molecule is CC(=N)N1CCC(Oc2ccc(S(=O)(=O)N(CB(O)O)c3ccc4c(c3)CN(C(=N)N)CC4)cc2)CC1. The highest BCUT2D eigenvalue weighted by Crippen LogP contribution is 2.30. The molecular formula is C24H33BN6O5S. The number of nitrogens with zero attached hydrogens (tertiary/aromatic N) is 3. The van der Waals surface area contributed by atoms with Gasteiger partial charge in [-0.1, -0.05) is 6.07 Å². The summed E-state index contributed by atoms with van der Waals surface area (Å²) < 4.78 is 34.2. The van der Waals surface area contributed by atoms with Crippen molar-refractivity contribution in [2.75, 3.05) is 30.4 Å². The second kappa shape index (κ2) is 11.0. The minimum atomic E-state index is -4.13. The van der Waals surface area contributed by atoms with E-state index in [2.05, 4.69) is 0 Å². The van der Waals surface area contributed by atoms with E-state index in [4.69, 9.17) is 21.3 Å². The van der Waals surface area contributed by atoms with E-state index >= 15 is 0 Å². The number of fused-ring (bicyclic) bond motifs is 1. The van der Waals surface area contributed by atoms with Gasteiger partial charge in [0, 0.05) is 39.0 Å². The quantitative estimate of drug-likeness (QED) is 0.201. The molecule has 0 amide bonds. The van der Waals surface area contributed by atoms with Crippen LogP contribution in [-0.2, 0) is 23.0 Å². The molecular weight excluding hydrogens is 495 g/mol. The molecule has 4 rings (SSSR count). The molecule has 6 N–H and O–H groups in total. The first-order valence-electron chi connectivity index (χ1n) is 12.2. The predicted molar refractivity (Wildman–Crippen MR) is 142 cm³/mol. The molecule has 1 saturated heterocycles. The zero-order valence-corrected chi connectivity index (χ0v) is 21.6. The van der Waals surface area contributed by atoms with Gasteiger partial charge in [-0.25, -0.2) is 8.42 Å². The Bertz CT molecular complexity index is 1250. The lowest BCUT2D eigenvalue weighted by atomic mass is 9.92. The first-order chi connectivity index (χ1) is 17.5. The Hall–Kier alpha value is -3.29. The zero-order valence-electron chi connectivity index (χ0n) is 20.8. The highest BCUT2D eigenvalue weighted by atomic mass is 32.2. The number of anilines is 1. The standard InChI is InChI=1S/C24H33BN6O5S/c1-17(26)29-12-9-22(10-13-29)36-21-4-6-23(7-5-21)37(34,35)31(16-25(32)33)20-3-2-18-8-11-30(24(27)28)15-19(18)14-20/h2-7,14,22,26,32-33H,8-13,15-16H2,1H3,(H3,27,28). The van der Waals surface area contributed by atoms with Crippen molar-refractivity contribution in [1.82, 2.24) is 9.80 Å². The van der Waals surface area contributed by atoms with Crippen molar-refractivity contribution in [3.63, 3.8) is 0 Å². The highest BCUT2D eigenvalue weighted by Gasteiger charge is 2.30. The normalized spacial score (nSPS) is 16.2. The van der Waals surface area contributed by atoms with E-state index in [0.717, 1.165) is 41.4 Å². The maximum absolute atomic E-state index is 13.6. The van der Waals surface area contributed by atoms with E-state index in [-0.39, 0.29) is 17.0 Å². The van der Waals surface area contributed by atoms with Gasteiger partial charge in [0.05, 0.1) is 22.9 Å². The van der Waals surface area contributed by atoms with Gasteiger partial charge in [0.15, 0.2) is 5.96 Å². The molecule has 0 spiro atoms. The average molecular weight is 528 g/mol. The van der Waals surface area contributed by atoms with Crippen molar-refractivity contribution in [2.24, 2.45) is 5.73 Å². The van der Waals surface area contributed by atoms with Gasteiger partial charge in [0.2, 0.25) is 0 Å². The second-order valence-corrected chi connectivity index (χ2v) is 11.2. The molecule has 2 aromatic rings. The van der Waals surface area contributed by atoms with Gasteiger partial charge in [0.1, 0.15) is 11.9 Å². The number of amidine groups is 1. The first kappa shape index (κ1) is 26.8. The van der Waals surface area contributed by atoms with E-state index < -0.39 is 23.6 Å². The number of sulfonamides is 1. The maximum atomic E-state index is 13.6. The van der Waals surface area contributed by atoms with Crippen LogP contribution in [0.3, 0.4) is 0 Å². The Morgan fingerprint density at radius 2 is 1.76 bits per heavy atom. The molecule has 13 heteroatoms. The van der Waals surface area contributed by atoms with Gasteiger partial charge in [-0.05, 0) is 60.9 Å². The Morgan fingerprint density at radius 1 is 1.08 bits per heavy atom. The van der Waals surface area contributed by atoms with Crippen LogP contribution in [0, 0.1) is 10.8 Å². The van der Waals surface area contributed by atoms with Gasteiger partial charge in [-0.2, -0.15) is 0 Å². The number of likely N-dealkylation sites (tertiary alicyclic amines) is 1. The Balaban J connectivity index is 1.53. The lowest BCUT2D eigenvalue weighted by Gasteiger charge is -2.32. The van der Waals surface area contributed by atoms with Crippen molar-refractivity contribution in [3.05, 3.63) is 53.6 Å². The summed E-state index contributed by atoms with van der Waals surface area (Å²) in [6, 6.07) is 11.3. The topological polar surface area (TPSA) is 167 Å². The largest absolute Gasteiger partial charge is 0.490 e. The fraction of sp³-hybridized carbons (Fsp3) is 0.417. The monoisotopic (exact) mass is 528 g/mol. The van der Waals surface area contributed by atoms with E-state index in [1.54, 1.807) is 36.1 Å². The lowest BCUT2D eigenvalue weighted by Crippen LogP contribution is -2.41. The minimum Gasteiger partial charge on any atom is -0.490 e. The summed E-state index contributed by atoms with van der Waals surface area (Å²) in [5.41, 5.74) is 7.80. The molecule has 0 aliphatic carbocycles. The van der Waals surface area contributed by atoms with E-state index in [0.29, 0.717) is 36.8 Å². The van der Waals surface area contributed by atoms with Crippen LogP contribution in [0.5, 0.6) is 5.75 Å². The molecule has 2 heterocycles. The van der Waals surface area contributed by atoms with Crippen LogP contribution in [0.2, 0.25) is 0 Å². The fourth-order valence-corrected chi connectivity index (χ4v) is 6.17. The zero-order chi connectivity index (χ0) is 26.7. The van der Waals surface area contributed by atoms with Crippen LogP contribution in [0.4, 0.5) is 5.69 Å². The second-order valence-electron chi connectivity index (χ2n) is 9.39. The van der Waals surface area contributed by atoms with Crippen LogP contribution in [0.1, 0.15) is 30.9 Å². The minimum absolute atomic E-state index is 0.00201. The highest BCUT2D eigenvalue weighted by molar-refractivity contribution is 7.93. The van der Waals surface area contributed by atoms with Gasteiger partial charge >= 0.3 is 7.12 Å². The number of hydrogen-bond donors (Lipinski definition) is 5. The van der Waals surface area contributed by atoms with E-state index in [9.17, 15) is 18.5 Å². The third-order valence-corrected chi connectivity index (χ3v) is 8.60. The number of nitrogens with one attached hydrogen (secondary N) is 2. The molecule has 2 aromatic carbocycles. The van der Waals surface area contributed by atoms with Crippen molar-refractivity contribution in [3.8, 4) is 5.75 Å². The molecule has 0 radical (unpaired) electrons.